The van der Waals surface area contributed by atoms with Crippen molar-refractivity contribution >= 4 is 28.6 Å². The zero-order valence-electron chi connectivity index (χ0n) is 11.0. The summed E-state index contributed by atoms with van der Waals surface area (Å²) in [5.41, 5.74) is 6.35. The summed E-state index contributed by atoms with van der Waals surface area (Å²) in [5, 5.41) is 29.0. The molecule has 2 aromatic heterocycles. The predicted molar refractivity (Wildman–Crippen MR) is 72.5 cm³/mol. The largest absolute Gasteiger partial charge is 0.394 e. The summed E-state index contributed by atoms with van der Waals surface area (Å²) >= 11 is 6.07. The molecule has 2 aromatic rings. The predicted octanol–water partition coefficient (Wildman–Crippen LogP) is -1.02. The summed E-state index contributed by atoms with van der Waals surface area (Å²) in [4.78, 5) is 12.2. The van der Waals surface area contributed by atoms with Crippen LogP contribution >= 0.6 is 11.6 Å². The number of anilines is 1. The van der Waals surface area contributed by atoms with Gasteiger partial charge < -0.3 is 25.8 Å². The van der Waals surface area contributed by atoms with Crippen LogP contribution in [0.5, 0.6) is 0 Å². The lowest BCUT2D eigenvalue weighted by atomic mass is 10.1. The van der Waals surface area contributed by atoms with Crippen LogP contribution < -0.4 is 5.73 Å². The quantitative estimate of drug-likeness (QED) is 0.516. The molecule has 1 aliphatic rings. The minimum atomic E-state index is -1.28. The Morgan fingerprint density at radius 2 is 2.00 bits per heavy atom. The number of halogens is 1. The minimum Gasteiger partial charge on any atom is -0.394 e. The van der Waals surface area contributed by atoms with E-state index in [9.17, 15) is 10.2 Å². The van der Waals surface area contributed by atoms with Crippen molar-refractivity contribution in [3.8, 4) is 0 Å². The van der Waals surface area contributed by atoms with Gasteiger partial charge in [0.25, 0.3) is 0 Å². The number of nitrogens with zero attached hydrogens (tertiary/aromatic N) is 4. The molecule has 1 aliphatic heterocycles. The molecule has 0 radical (unpaired) electrons. The summed E-state index contributed by atoms with van der Waals surface area (Å²) < 4.78 is 6.76. The fourth-order valence-electron chi connectivity index (χ4n) is 2.40. The first-order chi connectivity index (χ1) is 9.93. The maximum atomic E-state index is 10.1. The Morgan fingerprint density at radius 3 is 2.62 bits per heavy atom. The van der Waals surface area contributed by atoms with Crippen LogP contribution in [0, 0.1) is 6.92 Å². The Labute approximate surface area is 124 Å². The van der Waals surface area contributed by atoms with Crippen molar-refractivity contribution in [1.82, 2.24) is 19.5 Å². The molecule has 5 N–H and O–H groups in total. The molecule has 0 amide bonds. The Morgan fingerprint density at radius 1 is 1.29 bits per heavy atom. The fraction of sp³-hybridized carbons (Fsp3) is 0.545. The van der Waals surface area contributed by atoms with Crippen molar-refractivity contribution in [2.45, 2.75) is 31.5 Å². The molecule has 4 atom stereocenters. The monoisotopic (exact) mass is 315 g/mol. The van der Waals surface area contributed by atoms with E-state index in [1.54, 1.807) is 6.92 Å². The third-order valence-electron chi connectivity index (χ3n) is 3.41. The molecule has 0 aromatic carbocycles. The molecule has 21 heavy (non-hydrogen) atoms. The van der Waals surface area contributed by atoms with Crippen molar-refractivity contribution in [3.05, 3.63) is 11.1 Å². The van der Waals surface area contributed by atoms with E-state index < -0.39 is 31.1 Å². The molecule has 0 spiro atoms. The molecule has 2 unspecified atom stereocenters. The highest BCUT2D eigenvalue weighted by Gasteiger charge is 2.44. The summed E-state index contributed by atoms with van der Waals surface area (Å²) in [6, 6.07) is 0. The van der Waals surface area contributed by atoms with E-state index in [0.29, 0.717) is 11.5 Å². The van der Waals surface area contributed by atoms with Gasteiger partial charge >= 0.3 is 0 Å². The number of aromatic nitrogens is 4. The van der Waals surface area contributed by atoms with Crippen molar-refractivity contribution < 1.29 is 20.1 Å². The normalized spacial score (nSPS) is 29.4. The van der Waals surface area contributed by atoms with Gasteiger partial charge in [-0.3, -0.25) is 4.57 Å². The molecule has 9 nitrogen and oxygen atoms in total. The molecule has 0 saturated carbocycles. The molecule has 3 rings (SSSR count). The van der Waals surface area contributed by atoms with Gasteiger partial charge in [-0.15, -0.1) is 0 Å². The van der Waals surface area contributed by atoms with Gasteiger partial charge in [-0.2, -0.15) is 0 Å². The number of aliphatic hydroxyl groups is 3. The lowest BCUT2D eigenvalue weighted by Crippen LogP contribution is -2.33. The van der Waals surface area contributed by atoms with Gasteiger partial charge in [-0.05, 0) is 18.5 Å². The number of hydrogen-bond acceptors (Lipinski definition) is 8. The molecule has 0 bridgehead atoms. The number of rotatable bonds is 2. The number of hydrogen-bond donors (Lipinski definition) is 4. The Bertz CT molecular complexity index is 693. The molecule has 0 aliphatic carbocycles. The van der Waals surface area contributed by atoms with E-state index >= 15 is 0 Å². The van der Waals surface area contributed by atoms with Crippen LogP contribution in [0.25, 0.3) is 11.2 Å². The van der Waals surface area contributed by atoms with Crippen LogP contribution in [0.2, 0.25) is 5.28 Å². The Kier molecular flexibility index (Phi) is 3.46. The third-order valence-corrected chi connectivity index (χ3v) is 3.67. The lowest BCUT2D eigenvalue weighted by Gasteiger charge is -2.17. The van der Waals surface area contributed by atoms with Crippen molar-refractivity contribution in [1.29, 1.82) is 0 Å². The first-order valence-electron chi connectivity index (χ1n) is 6.24. The SMILES string of the molecule is Cc1nc(N)c2nc(Cl)n([C@@H]3O[C@H](CO)C(O)C3O)c2n1. The summed E-state index contributed by atoms with van der Waals surface area (Å²) in [7, 11) is 0. The van der Waals surface area contributed by atoms with Crippen molar-refractivity contribution in [2.24, 2.45) is 0 Å². The van der Waals surface area contributed by atoms with Crippen LogP contribution in [-0.2, 0) is 4.74 Å². The van der Waals surface area contributed by atoms with Gasteiger partial charge in [0.05, 0.1) is 6.61 Å². The van der Waals surface area contributed by atoms with Crippen LogP contribution in [0.3, 0.4) is 0 Å². The van der Waals surface area contributed by atoms with E-state index in [0.717, 1.165) is 0 Å². The zero-order valence-corrected chi connectivity index (χ0v) is 11.8. The number of imidazole rings is 1. The van der Waals surface area contributed by atoms with E-state index in [4.69, 9.17) is 27.2 Å². The number of aryl methyl sites for hydroxylation is 1. The summed E-state index contributed by atoms with van der Waals surface area (Å²) in [6.45, 7) is 1.22. The molecule has 1 fully saturated rings. The van der Waals surface area contributed by atoms with E-state index in [-0.39, 0.29) is 16.6 Å². The Balaban J connectivity index is 2.15. The maximum absolute atomic E-state index is 10.1. The number of fused-ring (bicyclic) bond motifs is 1. The number of nitrogen functional groups attached to an aromatic ring is 1. The smallest absolute Gasteiger partial charge is 0.207 e. The van der Waals surface area contributed by atoms with Crippen molar-refractivity contribution in [2.75, 3.05) is 12.3 Å². The first-order valence-corrected chi connectivity index (χ1v) is 6.61. The van der Waals surface area contributed by atoms with Crippen LogP contribution in [-0.4, -0.2) is 59.8 Å². The van der Waals surface area contributed by atoms with Crippen LogP contribution in [0.1, 0.15) is 12.1 Å². The number of nitrogens with two attached hydrogens (primary N) is 1. The third kappa shape index (κ3) is 2.14. The van der Waals surface area contributed by atoms with Gasteiger partial charge in [0.15, 0.2) is 23.2 Å². The summed E-state index contributed by atoms with van der Waals surface area (Å²) in [6.07, 6.45) is -4.47. The van der Waals surface area contributed by atoms with Crippen LogP contribution in [0.15, 0.2) is 0 Å². The van der Waals surface area contributed by atoms with E-state index in [1.807, 2.05) is 0 Å². The second-order valence-electron chi connectivity index (χ2n) is 4.81. The van der Waals surface area contributed by atoms with Gasteiger partial charge in [0.2, 0.25) is 5.28 Å². The second kappa shape index (κ2) is 5.04. The highest BCUT2D eigenvalue weighted by molar-refractivity contribution is 6.29. The van der Waals surface area contributed by atoms with Gasteiger partial charge in [-0.1, -0.05) is 0 Å². The highest BCUT2D eigenvalue weighted by Crippen LogP contribution is 2.34. The molecule has 1 saturated heterocycles. The van der Waals surface area contributed by atoms with Gasteiger partial charge in [-0.25, -0.2) is 15.0 Å². The van der Waals surface area contributed by atoms with Gasteiger partial charge in [0, 0.05) is 0 Å². The standard InChI is InChI=1S/C11H14ClN5O4/c1-3-14-8(13)5-9(15-3)17(11(12)16-5)10-7(20)6(19)4(2-18)21-10/h4,6-7,10,18-20H,2H2,1H3,(H2,13,14,15)/t4-,6?,7?,10-/m1/s1. The maximum Gasteiger partial charge on any atom is 0.207 e. The Hall–Kier alpha value is -1.52. The van der Waals surface area contributed by atoms with Crippen molar-refractivity contribution in [3.63, 3.8) is 0 Å². The van der Waals surface area contributed by atoms with Gasteiger partial charge in [0.1, 0.15) is 24.1 Å². The van der Waals surface area contributed by atoms with E-state index in [2.05, 4.69) is 15.0 Å². The molecule has 114 valence electrons. The number of aliphatic hydroxyl groups excluding tert-OH is 3. The molecule has 10 heteroatoms. The minimum absolute atomic E-state index is 0.00793. The summed E-state index contributed by atoms with van der Waals surface area (Å²) in [5.74, 6) is 0.564. The number of ether oxygens (including phenoxy) is 1. The lowest BCUT2D eigenvalue weighted by molar-refractivity contribution is -0.0509. The molecule has 3 heterocycles. The van der Waals surface area contributed by atoms with E-state index in [1.165, 1.54) is 4.57 Å². The van der Waals surface area contributed by atoms with Crippen LogP contribution in [0.4, 0.5) is 5.82 Å². The average molecular weight is 316 g/mol. The molecular formula is C11H14ClN5O4. The first kappa shape index (κ1) is 14.4. The second-order valence-corrected chi connectivity index (χ2v) is 5.15. The average Bonchev–Trinajstić information content (AvgIpc) is 2.89. The zero-order chi connectivity index (χ0) is 15.3. The topological polar surface area (TPSA) is 140 Å². The molecular weight excluding hydrogens is 302 g/mol. The fourth-order valence-corrected chi connectivity index (χ4v) is 2.66. The highest BCUT2D eigenvalue weighted by atomic mass is 35.5.